The summed E-state index contributed by atoms with van der Waals surface area (Å²) in [5.41, 5.74) is 3.26. The highest BCUT2D eigenvalue weighted by Crippen LogP contribution is 2.25. The fourth-order valence-electron chi connectivity index (χ4n) is 3.56. The molecule has 0 aliphatic heterocycles. The predicted molar refractivity (Wildman–Crippen MR) is 108 cm³/mol. The Bertz CT molecular complexity index is 1380. The lowest BCUT2D eigenvalue weighted by Gasteiger charge is -2.10. The van der Waals surface area contributed by atoms with Crippen LogP contribution in [0.15, 0.2) is 95.9 Å². The number of benzene rings is 3. The lowest BCUT2D eigenvalue weighted by atomic mass is 10.1. The fraction of sp³-hybridized carbons (Fsp3) is 0. The van der Waals surface area contributed by atoms with Crippen LogP contribution in [0.25, 0.3) is 33.5 Å². The molecule has 2 aromatic heterocycles. The highest BCUT2D eigenvalue weighted by atomic mass is 16.3. The van der Waals surface area contributed by atoms with E-state index in [1.54, 1.807) is 15.2 Å². The lowest BCUT2D eigenvalue weighted by molar-refractivity contribution is -0.497. The van der Waals surface area contributed by atoms with Gasteiger partial charge in [0, 0.05) is 0 Å². The van der Waals surface area contributed by atoms with Crippen molar-refractivity contribution in [1.29, 1.82) is 0 Å². The summed E-state index contributed by atoms with van der Waals surface area (Å²) < 4.78 is 3.26. The normalized spacial score (nSPS) is 11.1. The number of hydrogen-bond donors (Lipinski definition) is 1. The third kappa shape index (κ3) is 2.37. The summed E-state index contributed by atoms with van der Waals surface area (Å²) in [5.74, 6) is -0.100. The maximum atomic E-state index is 13.5. The zero-order valence-corrected chi connectivity index (χ0v) is 14.9. The Morgan fingerprint density at radius 2 is 1.46 bits per heavy atom. The van der Waals surface area contributed by atoms with E-state index in [9.17, 15) is 9.90 Å². The number of aromatic hydroxyl groups is 1. The van der Waals surface area contributed by atoms with Gasteiger partial charge in [-0.25, -0.2) is 9.78 Å². The highest BCUT2D eigenvalue weighted by Gasteiger charge is 2.27. The first-order valence-corrected chi connectivity index (χ1v) is 8.94. The van der Waals surface area contributed by atoms with Gasteiger partial charge in [-0.05, 0) is 29.8 Å². The first-order valence-electron chi connectivity index (χ1n) is 8.94. The van der Waals surface area contributed by atoms with Crippen molar-refractivity contribution in [2.24, 2.45) is 0 Å². The Morgan fingerprint density at radius 1 is 0.821 bits per heavy atom. The van der Waals surface area contributed by atoms with E-state index in [4.69, 9.17) is 0 Å². The average Bonchev–Trinajstić information content (AvgIpc) is 2.75. The summed E-state index contributed by atoms with van der Waals surface area (Å²) in [7, 11) is 0. The van der Waals surface area contributed by atoms with Crippen LogP contribution in [-0.2, 0) is 0 Å². The predicted octanol–water partition coefficient (Wildman–Crippen LogP) is 3.50. The van der Waals surface area contributed by atoms with Gasteiger partial charge in [-0.2, -0.15) is 8.97 Å². The molecule has 5 rings (SSSR count). The van der Waals surface area contributed by atoms with Crippen molar-refractivity contribution in [3.05, 3.63) is 101 Å². The SMILES string of the molecule is O=c1c(-c2ccccc2)c(O)[n+]2c3ccccc3ncc2n1-c1ccccc1. The van der Waals surface area contributed by atoms with Crippen LogP contribution in [-0.4, -0.2) is 14.7 Å². The maximum Gasteiger partial charge on any atom is 0.354 e. The molecule has 2 heterocycles. The summed E-state index contributed by atoms with van der Waals surface area (Å²) in [6.07, 6.45) is 1.62. The molecule has 3 aromatic carbocycles. The Hall–Kier alpha value is -3.99. The minimum Gasteiger partial charge on any atom is -0.477 e. The second kappa shape index (κ2) is 6.32. The third-order valence-electron chi connectivity index (χ3n) is 4.83. The van der Waals surface area contributed by atoms with Crippen LogP contribution in [0.1, 0.15) is 0 Å². The zero-order valence-electron chi connectivity index (χ0n) is 14.9. The Labute approximate surface area is 160 Å². The summed E-state index contributed by atoms with van der Waals surface area (Å²) in [6, 6.07) is 26.1. The van der Waals surface area contributed by atoms with E-state index >= 15 is 0 Å². The van der Waals surface area contributed by atoms with E-state index in [-0.39, 0.29) is 17.0 Å². The molecule has 0 saturated heterocycles. The van der Waals surface area contributed by atoms with E-state index in [1.165, 1.54) is 0 Å². The quantitative estimate of drug-likeness (QED) is 0.384. The Balaban J connectivity index is 2.04. The fourth-order valence-corrected chi connectivity index (χ4v) is 3.56. The molecule has 0 unspecified atom stereocenters. The summed E-state index contributed by atoms with van der Waals surface area (Å²) in [5, 5.41) is 11.2. The molecule has 1 N–H and O–H groups in total. The Morgan fingerprint density at radius 3 is 2.21 bits per heavy atom. The minimum absolute atomic E-state index is 0.100. The molecule has 5 aromatic rings. The first-order chi connectivity index (χ1) is 13.8. The van der Waals surface area contributed by atoms with Crippen molar-refractivity contribution in [3.63, 3.8) is 0 Å². The van der Waals surface area contributed by atoms with Crippen molar-refractivity contribution in [2.45, 2.75) is 0 Å². The topological polar surface area (TPSA) is 59.2 Å². The average molecular weight is 366 g/mol. The van der Waals surface area contributed by atoms with Gasteiger partial charge < -0.3 is 5.11 Å². The van der Waals surface area contributed by atoms with E-state index < -0.39 is 0 Å². The molecular formula is C23H16N3O2+. The van der Waals surface area contributed by atoms with E-state index in [0.29, 0.717) is 16.9 Å². The summed E-state index contributed by atoms with van der Waals surface area (Å²) in [4.78, 5) is 18.0. The number of aromatic nitrogens is 3. The molecule has 0 spiro atoms. The Kier molecular flexibility index (Phi) is 3.66. The van der Waals surface area contributed by atoms with Gasteiger partial charge in [-0.3, -0.25) is 0 Å². The van der Waals surface area contributed by atoms with Crippen molar-refractivity contribution >= 4 is 16.7 Å². The molecule has 0 atom stereocenters. The van der Waals surface area contributed by atoms with Gasteiger partial charge in [-0.15, -0.1) is 0 Å². The molecule has 0 amide bonds. The molecule has 0 radical (unpaired) electrons. The lowest BCUT2D eigenvalue weighted by Crippen LogP contribution is -2.35. The van der Waals surface area contributed by atoms with Crippen LogP contribution in [0.2, 0.25) is 0 Å². The van der Waals surface area contributed by atoms with Crippen LogP contribution in [0.3, 0.4) is 0 Å². The van der Waals surface area contributed by atoms with E-state index in [0.717, 1.165) is 11.0 Å². The number of hydrogen-bond acceptors (Lipinski definition) is 3. The highest BCUT2D eigenvalue weighted by molar-refractivity contribution is 5.74. The molecule has 5 nitrogen and oxygen atoms in total. The van der Waals surface area contributed by atoms with Crippen molar-refractivity contribution < 1.29 is 9.51 Å². The number of rotatable bonds is 2. The maximum absolute atomic E-state index is 13.5. The summed E-state index contributed by atoms with van der Waals surface area (Å²) in [6.45, 7) is 0. The van der Waals surface area contributed by atoms with Crippen LogP contribution in [0.5, 0.6) is 5.88 Å². The van der Waals surface area contributed by atoms with Crippen LogP contribution in [0, 0.1) is 0 Å². The number of para-hydroxylation sites is 3. The third-order valence-corrected chi connectivity index (χ3v) is 4.83. The van der Waals surface area contributed by atoms with E-state index in [1.807, 2.05) is 84.9 Å². The summed E-state index contributed by atoms with van der Waals surface area (Å²) >= 11 is 0. The van der Waals surface area contributed by atoms with Crippen LogP contribution < -0.4 is 9.96 Å². The number of nitrogens with zero attached hydrogens (tertiary/aromatic N) is 3. The van der Waals surface area contributed by atoms with Gasteiger partial charge in [0.1, 0.15) is 17.4 Å². The first kappa shape index (κ1) is 16.2. The largest absolute Gasteiger partial charge is 0.477 e. The number of fused-ring (bicyclic) bond motifs is 3. The van der Waals surface area contributed by atoms with Crippen molar-refractivity contribution in [3.8, 4) is 22.7 Å². The van der Waals surface area contributed by atoms with Crippen LogP contribution >= 0.6 is 0 Å². The second-order valence-electron chi connectivity index (χ2n) is 6.48. The monoisotopic (exact) mass is 366 g/mol. The molecule has 0 aliphatic carbocycles. The van der Waals surface area contributed by atoms with Crippen molar-refractivity contribution in [1.82, 2.24) is 9.55 Å². The van der Waals surface area contributed by atoms with Gasteiger partial charge >= 0.3 is 17.1 Å². The van der Waals surface area contributed by atoms with Crippen LogP contribution in [0.4, 0.5) is 0 Å². The van der Waals surface area contributed by atoms with Gasteiger partial charge in [-0.1, -0.05) is 60.7 Å². The molecular weight excluding hydrogens is 350 g/mol. The van der Waals surface area contributed by atoms with Crippen molar-refractivity contribution in [2.75, 3.05) is 0 Å². The standard InChI is InChI=1S/C23H15N3O2/c27-22-21(16-9-3-1-4-10-16)23(28)26-19-14-8-7-13-18(19)24-15-20(26)25(22)17-11-5-2-6-12-17/h1-15H/p+1. The molecule has 0 aliphatic rings. The van der Waals surface area contributed by atoms with E-state index in [2.05, 4.69) is 4.98 Å². The van der Waals surface area contributed by atoms with Gasteiger partial charge in [0.2, 0.25) is 0 Å². The van der Waals surface area contributed by atoms with Gasteiger partial charge in [0.05, 0.1) is 0 Å². The molecule has 28 heavy (non-hydrogen) atoms. The zero-order chi connectivity index (χ0) is 19.1. The molecule has 0 bridgehead atoms. The molecule has 134 valence electrons. The molecule has 0 fully saturated rings. The second-order valence-corrected chi connectivity index (χ2v) is 6.48. The smallest absolute Gasteiger partial charge is 0.354 e. The van der Waals surface area contributed by atoms with Gasteiger partial charge in [0.25, 0.3) is 0 Å². The van der Waals surface area contributed by atoms with Gasteiger partial charge in [0.15, 0.2) is 11.1 Å². The minimum atomic E-state index is -0.299. The molecule has 0 saturated carbocycles. The molecule has 5 heteroatoms.